The topological polar surface area (TPSA) is 38.9 Å². The van der Waals surface area contributed by atoms with E-state index in [0.29, 0.717) is 0 Å². The summed E-state index contributed by atoms with van der Waals surface area (Å²) in [6, 6.07) is 5.34. The molecule has 0 bridgehead atoms. The molecule has 0 saturated heterocycles. The summed E-state index contributed by atoms with van der Waals surface area (Å²) in [5.41, 5.74) is 4.05. The minimum Gasteiger partial charge on any atom is -0.398 e. The molecule has 0 amide bonds. The van der Waals surface area contributed by atoms with Crippen molar-refractivity contribution in [1.29, 1.82) is 0 Å². The smallest absolute Gasteiger partial charge is 0.398 e. The van der Waals surface area contributed by atoms with Crippen molar-refractivity contribution in [3.63, 3.8) is 0 Å². The summed E-state index contributed by atoms with van der Waals surface area (Å²) in [4.78, 5) is 3.27. The largest absolute Gasteiger partial charge is 0.417 e. The second-order valence-corrected chi connectivity index (χ2v) is 3.71. The van der Waals surface area contributed by atoms with Crippen molar-refractivity contribution in [2.45, 2.75) is 6.18 Å². The third kappa shape index (κ3) is 2.01. The Morgan fingerprint density at radius 3 is 2.50 bits per heavy atom. The number of rotatable bonds is 1. The van der Waals surface area contributed by atoms with Gasteiger partial charge in [-0.25, -0.2) is 4.98 Å². The summed E-state index contributed by atoms with van der Waals surface area (Å²) in [7, 11) is 0. The fourth-order valence-corrected chi connectivity index (χ4v) is 1.63. The van der Waals surface area contributed by atoms with Crippen LogP contribution < -0.4 is 5.73 Å². The first-order valence-electron chi connectivity index (χ1n) is 4.92. The van der Waals surface area contributed by atoms with E-state index in [1.807, 2.05) is 0 Å². The van der Waals surface area contributed by atoms with Crippen LogP contribution in [0.1, 0.15) is 5.69 Å². The van der Waals surface area contributed by atoms with E-state index in [2.05, 4.69) is 11.6 Å². The lowest BCUT2D eigenvalue weighted by Gasteiger charge is -2.12. The van der Waals surface area contributed by atoms with Gasteiger partial charge in [-0.05, 0) is 6.07 Å². The van der Waals surface area contributed by atoms with Crippen molar-refractivity contribution in [3.05, 3.63) is 42.5 Å². The van der Waals surface area contributed by atoms with Crippen LogP contribution in [0.5, 0.6) is 0 Å². The molecule has 0 fully saturated rings. The van der Waals surface area contributed by atoms with E-state index in [0.717, 1.165) is 6.07 Å². The summed E-state index contributed by atoms with van der Waals surface area (Å²) < 4.78 is 51.1. The Bertz CT molecular complexity index is 632. The van der Waals surface area contributed by atoms with Gasteiger partial charge >= 0.3 is 6.18 Å². The molecule has 0 aliphatic rings. The molecular weight excluding hydrogens is 248 g/mol. The van der Waals surface area contributed by atoms with Crippen LogP contribution >= 0.6 is 0 Å². The predicted molar refractivity (Wildman–Crippen MR) is 61.2 cm³/mol. The number of alkyl halides is 3. The zero-order valence-electron chi connectivity index (χ0n) is 9.05. The van der Waals surface area contributed by atoms with Crippen LogP contribution in [0.25, 0.3) is 16.3 Å². The van der Waals surface area contributed by atoms with Gasteiger partial charge in [0.25, 0.3) is 0 Å². The predicted octanol–water partition coefficient (Wildman–Crippen LogP) is 3.53. The number of aromatic nitrogens is 1. The van der Waals surface area contributed by atoms with Gasteiger partial charge in [0.15, 0.2) is 0 Å². The number of hydrogen-bond donors (Lipinski definition) is 1. The van der Waals surface area contributed by atoms with Crippen molar-refractivity contribution in [2.75, 3.05) is 5.73 Å². The molecule has 1 heterocycles. The first-order chi connectivity index (χ1) is 8.30. The van der Waals surface area contributed by atoms with Gasteiger partial charge < -0.3 is 5.73 Å². The van der Waals surface area contributed by atoms with Gasteiger partial charge in [0.2, 0.25) is 5.95 Å². The van der Waals surface area contributed by atoms with E-state index in [1.165, 1.54) is 18.2 Å². The molecule has 94 valence electrons. The molecule has 0 unspecified atom stereocenters. The Labute approximate surface area is 99.7 Å². The van der Waals surface area contributed by atoms with Gasteiger partial charge in [-0.1, -0.05) is 18.7 Å². The zero-order chi connectivity index (χ0) is 13.5. The number of anilines is 1. The Morgan fingerprint density at radius 1 is 1.22 bits per heavy atom. The maximum absolute atomic E-state index is 13.3. The third-order valence-electron chi connectivity index (χ3n) is 2.51. The van der Waals surface area contributed by atoms with Crippen LogP contribution in [0.4, 0.5) is 23.2 Å². The van der Waals surface area contributed by atoms with Gasteiger partial charge in [-0.2, -0.15) is 17.6 Å². The fraction of sp³-hybridized carbons (Fsp3) is 0.0833. The molecule has 2 nitrogen and oxygen atoms in total. The first-order valence-corrected chi connectivity index (χ1v) is 4.92. The summed E-state index contributed by atoms with van der Waals surface area (Å²) in [6.07, 6.45) is -4.67. The Kier molecular flexibility index (Phi) is 2.73. The molecule has 0 aliphatic heterocycles. The monoisotopic (exact) mass is 256 g/mol. The number of nitrogen functional groups attached to an aromatic ring is 1. The normalized spacial score (nSPS) is 11.8. The number of benzene rings is 1. The SMILES string of the molecule is C=C(c1nc(F)cc2c(N)cccc12)C(F)(F)F. The molecule has 0 aliphatic carbocycles. The van der Waals surface area contributed by atoms with E-state index < -0.39 is 23.4 Å². The number of allylic oxidation sites excluding steroid dienone is 1. The van der Waals surface area contributed by atoms with Gasteiger partial charge in [0, 0.05) is 22.5 Å². The molecule has 0 radical (unpaired) electrons. The number of hydrogen-bond acceptors (Lipinski definition) is 2. The molecule has 0 spiro atoms. The summed E-state index contributed by atoms with van der Waals surface area (Å²) in [6.45, 7) is 2.92. The minimum absolute atomic E-state index is 0.124. The van der Waals surface area contributed by atoms with Gasteiger partial charge in [0.1, 0.15) is 0 Å². The molecule has 1 aromatic heterocycles. The van der Waals surface area contributed by atoms with Crippen LogP contribution in [-0.4, -0.2) is 11.2 Å². The average Bonchev–Trinajstić information content (AvgIpc) is 2.27. The van der Waals surface area contributed by atoms with Crippen molar-refractivity contribution in [3.8, 4) is 0 Å². The van der Waals surface area contributed by atoms with Crippen LogP contribution in [0.3, 0.4) is 0 Å². The highest BCUT2D eigenvalue weighted by Gasteiger charge is 2.35. The Hall–Kier alpha value is -2.11. The van der Waals surface area contributed by atoms with E-state index >= 15 is 0 Å². The van der Waals surface area contributed by atoms with E-state index in [-0.39, 0.29) is 16.5 Å². The summed E-state index contributed by atoms with van der Waals surface area (Å²) in [5, 5.41) is 0.309. The highest BCUT2D eigenvalue weighted by atomic mass is 19.4. The number of nitrogens with zero attached hydrogens (tertiary/aromatic N) is 1. The molecule has 18 heavy (non-hydrogen) atoms. The van der Waals surface area contributed by atoms with E-state index in [4.69, 9.17) is 5.73 Å². The maximum atomic E-state index is 13.3. The molecule has 1 aromatic carbocycles. The molecule has 0 atom stereocenters. The summed E-state index contributed by atoms with van der Waals surface area (Å²) >= 11 is 0. The first kappa shape index (κ1) is 12.3. The number of pyridine rings is 1. The van der Waals surface area contributed by atoms with Crippen molar-refractivity contribution in [1.82, 2.24) is 4.98 Å². The van der Waals surface area contributed by atoms with Crippen molar-refractivity contribution < 1.29 is 17.6 Å². The van der Waals surface area contributed by atoms with Crippen molar-refractivity contribution in [2.24, 2.45) is 0 Å². The Balaban J connectivity index is 2.79. The van der Waals surface area contributed by atoms with Crippen molar-refractivity contribution >= 4 is 22.0 Å². The number of fused-ring (bicyclic) bond motifs is 1. The maximum Gasteiger partial charge on any atom is 0.417 e. The molecular formula is C12H8F4N2. The highest BCUT2D eigenvalue weighted by Crippen LogP contribution is 2.36. The number of halogens is 4. The molecule has 2 N–H and O–H groups in total. The van der Waals surface area contributed by atoms with Crippen LogP contribution in [0, 0.1) is 5.95 Å². The molecule has 0 saturated carbocycles. The van der Waals surface area contributed by atoms with Gasteiger partial charge in [-0.3, -0.25) is 0 Å². The lowest BCUT2D eigenvalue weighted by atomic mass is 10.0. The van der Waals surface area contributed by atoms with Gasteiger partial charge in [0.05, 0.1) is 11.3 Å². The fourth-order valence-electron chi connectivity index (χ4n) is 1.63. The lowest BCUT2D eigenvalue weighted by molar-refractivity contribution is -0.0688. The van der Waals surface area contributed by atoms with Crippen LogP contribution in [0.2, 0.25) is 0 Å². The van der Waals surface area contributed by atoms with Crippen LogP contribution in [-0.2, 0) is 0 Å². The van der Waals surface area contributed by atoms with E-state index in [9.17, 15) is 17.6 Å². The standard InChI is InChI=1S/C12H8F4N2/c1-6(12(14,15)16)11-7-3-2-4-9(17)8(7)5-10(13)18-11/h2-5H,1,17H2. The number of nitrogens with two attached hydrogens (primary N) is 1. The second-order valence-electron chi connectivity index (χ2n) is 3.71. The molecule has 2 aromatic rings. The van der Waals surface area contributed by atoms with Gasteiger partial charge in [-0.15, -0.1) is 0 Å². The van der Waals surface area contributed by atoms with E-state index in [1.54, 1.807) is 0 Å². The summed E-state index contributed by atoms with van der Waals surface area (Å²) in [5.74, 6) is -1.03. The van der Waals surface area contributed by atoms with Crippen LogP contribution in [0.15, 0.2) is 30.8 Å². The molecule has 6 heteroatoms. The minimum atomic E-state index is -4.67. The second kappa shape index (κ2) is 3.97. The third-order valence-corrected chi connectivity index (χ3v) is 2.51. The average molecular weight is 256 g/mol. The highest BCUT2D eigenvalue weighted by molar-refractivity contribution is 5.99. The quantitative estimate of drug-likeness (QED) is 0.481. The Morgan fingerprint density at radius 2 is 1.89 bits per heavy atom. The molecule has 2 rings (SSSR count). The lowest BCUT2D eigenvalue weighted by Crippen LogP contribution is -2.12. The zero-order valence-corrected chi connectivity index (χ0v) is 9.05.